The van der Waals surface area contributed by atoms with Crippen LogP contribution >= 0.6 is 0 Å². The van der Waals surface area contributed by atoms with Crippen molar-refractivity contribution in [2.45, 2.75) is 44.1 Å². The molecule has 2 atom stereocenters. The van der Waals surface area contributed by atoms with Gasteiger partial charge in [0.2, 0.25) is 5.91 Å². The van der Waals surface area contributed by atoms with Crippen LogP contribution in [0.5, 0.6) is 0 Å². The molecule has 2 bridgehead atoms. The standard InChI is InChI=1S/C17H19F3N4O4/c18-17(19,20)8-14(25)21-22-15(26)13-7-6-12-9-23(13)16(27)24(12)28-10-11-4-2-1-3-5-11/h1-5,12-13H,6-10H2,(H,21,25)(H,22,26). The molecule has 3 rings (SSSR count). The van der Waals surface area contributed by atoms with E-state index in [0.717, 1.165) is 5.56 Å². The molecule has 28 heavy (non-hydrogen) atoms. The predicted octanol–water partition coefficient (Wildman–Crippen LogP) is 1.49. The van der Waals surface area contributed by atoms with Crippen molar-refractivity contribution in [1.29, 1.82) is 0 Å². The van der Waals surface area contributed by atoms with E-state index in [4.69, 9.17) is 4.84 Å². The first-order valence-corrected chi connectivity index (χ1v) is 8.67. The molecular weight excluding hydrogens is 381 g/mol. The second-order valence-electron chi connectivity index (χ2n) is 6.60. The molecule has 1 aromatic carbocycles. The molecule has 1 aromatic rings. The van der Waals surface area contributed by atoms with Crippen LogP contribution < -0.4 is 10.9 Å². The Morgan fingerprint density at radius 3 is 2.54 bits per heavy atom. The molecule has 11 heteroatoms. The van der Waals surface area contributed by atoms with Crippen LogP contribution in [0.3, 0.4) is 0 Å². The fourth-order valence-corrected chi connectivity index (χ4v) is 3.23. The molecule has 8 nitrogen and oxygen atoms in total. The van der Waals surface area contributed by atoms with E-state index in [2.05, 4.69) is 0 Å². The van der Waals surface area contributed by atoms with Gasteiger partial charge in [0.15, 0.2) is 0 Å². The Morgan fingerprint density at radius 1 is 1.14 bits per heavy atom. The van der Waals surface area contributed by atoms with Crippen LogP contribution in [-0.4, -0.2) is 52.6 Å². The minimum Gasteiger partial charge on any atom is -0.309 e. The average molecular weight is 400 g/mol. The SMILES string of the molecule is O=C(CC(F)(F)F)NNC(=O)C1CCC2CN1C(=O)N2OCc1ccccc1. The van der Waals surface area contributed by atoms with Crippen LogP contribution in [0.4, 0.5) is 18.0 Å². The van der Waals surface area contributed by atoms with Crippen LogP contribution in [0.2, 0.25) is 0 Å². The second kappa shape index (κ2) is 8.05. The van der Waals surface area contributed by atoms with Gasteiger partial charge in [-0.25, -0.2) is 4.79 Å². The largest absolute Gasteiger partial charge is 0.397 e. The van der Waals surface area contributed by atoms with Crippen molar-refractivity contribution in [2.24, 2.45) is 0 Å². The van der Waals surface area contributed by atoms with Crippen molar-refractivity contribution >= 4 is 17.8 Å². The summed E-state index contributed by atoms with van der Waals surface area (Å²) in [7, 11) is 0. The van der Waals surface area contributed by atoms with E-state index >= 15 is 0 Å². The number of amides is 4. The molecule has 0 aliphatic carbocycles. The van der Waals surface area contributed by atoms with Gasteiger partial charge >= 0.3 is 12.2 Å². The van der Waals surface area contributed by atoms with Crippen LogP contribution in [0.1, 0.15) is 24.8 Å². The number of hydrogen-bond acceptors (Lipinski definition) is 4. The molecule has 2 unspecified atom stereocenters. The molecule has 0 aromatic heterocycles. The summed E-state index contributed by atoms with van der Waals surface area (Å²) in [5.41, 5.74) is 4.57. The van der Waals surface area contributed by atoms with E-state index in [-0.39, 0.29) is 19.2 Å². The van der Waals surface area contributed by atoms with Gasteiger partial charge in [-0.1, -0.05) is 30.3 Å². The molecule has 0 spiro atoms. The Kier molecular flexibility index (Phi) is 5.73. The third-order valence-electron chi connectivity index (χ3n) is 4.52. The first-order valence-electron chi connectivity index (χ1n) is 8.67. The zero-order chi connectivity index (χ0) is 20.3. The average Bonchev–Trinajstić information content (AvgIpc) is 2.88. The molecular formula is C17H19F3N4O4. The van der Waals surface area contributed by atoms with Gasteiger partial charge in [-0.3, -0.25) is 25.3 Å². The highest BCUT2D eigenvalue weighted by Crippen LogP contribution is 2.30. The van der Waals surface area contributed by atoms with Gasteiger partial charge in [-0.2, -0.15) is 18.2 Å². The monoisotopic (exact) mass is 400 g/mol. The number of carbonyl (C=O) groups excluding carboxylic acids is 3. The normalized spacial score (nSPS) is 21.6. The van der Waals surface area contributed by atoms with Crippen molar-refractivity contribution in [3.8, 4) is 0 Å². The summed E-state index contributed by atoms with van der Waals surface area (Å²) in [6.45, 7) is 0.462. The topological polar surface area (TPSA) is 91.0 Å². The summed E-state index contributed by atoms with van der Waals surface area (Å²) < 4.78 is 36.5. The number of nitrogens with zero attached hydrogens (tertiary/aromatic N) is 2. The highest BCUT2D eigenvalue weighted by molar-refractivity contribution is 5.90. The number of piperidine rings is 1. The zero-order valence-corrected chi connectivity index (χ0v) is 14.7. The van der Waals surface area contributed by atoms with Crippen molar-refractivity contribution in [3.05, 3.63) is 35.9 Å². The van der Waals surface area contributed by atoms with Gasteiger partial charge in [0.25, 0.3) is 5.91 Å². The first-order chi connectivity index (χ1) is 13.2. The van der Waals surface area contributed by atoms with E-state index in [1.165, 1.54) is 9.96 Å². The van der Waals surface area contributed by atoms with Crippen LogP contribution in [0, 0.1) is 0 Å². The molecule has 2 aliphatic rings. The first kappa shape index (κ1) is 19.9. The third kappa shape index (κ3) is 4.71. The van der Waals surface area contributed by atoms with Gasteiger partial charge in [-0.05, 0) is 18.4 Å². The maximum atomic E-state index is 12.6. The third-order valence-corrected chi connectivity index (χ3v) is 4.52. The minimum absolute atomic E-state index is 0.196. The van der Waals surface area contributed by atoms with E-state index in [1.807, 2.05) is 35.8 Å². The number of carbonyl (C=O) groups is 3. The summed E-state index contributed by atoms with van der Waals surface area (Å²) in [5.74, 6) is -2.12. The molecule has 0 radical (unpaired) electrons. The van der Waals surface area contributed by atoms with E-state index < -0.39 is 36.5 Å². The van der Waals surface area contributed by atoms with Crippen molar-refractivity contribution < 1.29 is 32.4 Å². The predicted molar refractivity (Wildman–Crippen MR) is 88.9 cm³/mol. The van der Waals surface area contributed by atoms with Gasteiger partial charge < -0.3 is 4.90 Å². The molecule has 2 fully saturated rings. The Hall–Kier alpha value is -2.82. The summed E-state index contributed by atoms with van der Waals surface area (Å²) in [4.78, 5) is 42.9. The maximum absolute atomic E-state index is 12.6. The number of urea groups is 1. The lowest BCUT2D eigenvalue weighted by molar-refractivity contribution is -0.155. The lowest BCUT2D eigenvalue weighted by atomic mass is 10.0. The summed E-state index contributed by atoms with van der Waals surface area (Å²) in [6.07, 6.45) is -5.58. The number of hydroxylamine groups is 2. The lowest BCUT2D eigenvalue weighted by Gasteiger charge is -2.29. The van der Waals surface area contributed by atoms with Crippen LogP contribution in [-0.2, 0) is 21.0 Å². The summed E-state index contributed by atoms with van der Waals surface area (Å²) in [5, 5.41) is 1.24. The highest BCUT2D eigenvalue weighted by atomic mass is 19.4. The quantitative estimate of drug-likeness (QED) is 0.733. The molecule has 2 heterocycles. The van der Waals surface area contributed by atoms with Gasteiger partial charge in [0.1, 0.15) is 19.1 Å². The highest BCUT2D eigenvalue weighted by Gasteiger charge is 2.48. The second-order valence-corrected chi connectivity index (χ2v) is 6.60. The molecule has 4 amide bonds. The molecule has 2 saturated heterocycles. The number of nitrogens with one attached hydrogen (secondary N) is 2. The van der Waals surface area contributed by atoms with E-state index in [1.54, 1.807) is 5.43 Å². The van der Waals surface area contributed by atoms with Crippen LogP contribution in [0.25, 0.3) is 0 Å². The summed E-state index contributed by atoms with van der Waals surface area (Å²) >= 11 is 0. The fraction of sp³-hybridized carbons (Fsp3) is 0.471. The minimum atomic E-state index is -4.67. The molecule has 2 N–H and O–H groups in total. The van der Waals surface area contributed by atoms with Crippen LogP contribution in [0.15, 0.2) is 30.3 Å². The Morgan fingerprint density at radius 2 is 1.86 bits per heavy atom. The van der Waals surface area contributed by atoms with Gasteiger partial charge in [-0.15, -0.1) is 0 Å². The Balaban J connectivity index is 1.53. The van der Waals surface area contributed by atoms with E-state index in [0.29, 0.717) is 12.8 Å². The number of halogens is 3. The summed E-state index contributed by atoms with van der Waals surface area (Å²) in [6, 6.07) is 7.68. The van der Waals surface area contributed by atoms with E-state index in [9.17, 15) is 27.6 Å². The van der Waals surface area contributed by atoms with Crippen molar-refractivity contribution in [3.63, 3.8) is 0 Å². The lowest BCUT2D eigenvalue weighted by Crippen LogP contribution is -2.54. The fourth-order valence-electron chi connectivity index (χ4n) is 3.23. The van der Waals surface area contributed by atoms with Gasteiger partial charge in [0, 0.05) is 6.54 Å². The van der Waals surface area contributed by atoms with Gasteiger partial charge in [0.05, 0.1) is 6.04 Å². The molecule has 0 saturated carbocycles. The smallest absolute Gasteiger partial charge is 0.309 e. The van der Waals surface area contributed by atoms with Crippen molar-refractivity contribution in [1.82, 2.24) is 20.8 Å². The van der Waals surface area contributed by atoms with Crippen molar-refractivity contribution in [2.75, 3.05) is 6.54 Å². The Bertz CT molecular complexity index is 744. The zero-order valence-electron chi connectivity index (χ0n) is 14.7. The Labute approximate surface area is 158 Å². The number of benzene rings is 1. The number of hydrazine groups is 1. The molecule has 152 valence electrons. The molecule has 2 aliphatic heterocycles. The number of alkyl halides is 3. The number of fused-ring (bicyclic) bond motifs is 2. The number of rotatable bonds is 5. The maximum Gasteiger partial charge on any atom is 0.397 e. The number of hydrogen-bond donors (Lipinski definition) is 2.